The summed E-state index contributed by atoms with van der Waals surface area (Å²) in [5, 5.41) is 136. The number of aliphatic hydroxyl groups excluding tert-OH is 11. The largest absolute Gasteiger partial charge is 0.477 e. The van der Waals surface area contributed by atoms with Gasteiger partial charge >= 0.3 is 5.97 Å². The van der Waals surface area contributed by atoms with Crippen LogP contribution >= 0.6 is 0 Å². The standard InChI is InChI=1S/C65H120N2O21/c1-4-6-8-10-12-14-16-18-19-20-21-22-23-24-25-27-28-30-32-34-36-38-47(72)46(67-52(75)39-37-35-33-31-29-26-17-15-13-11-9-7-5-2)44-83-62-57(79)56(78)59(51(43-70)85-62)86-63-58(80)61(55(77)50(42-69)84-63)88-65(64(81)82)40-48(73)53(66-45(3)71)60(87-65)54(76)49(74)41-68/h26,29,46-51,53-63,68-70,72-74,76-80H,4-25,27-28,30-44H2,1-3H3,(H,66,71)(H,67,75)(H,81,82)/b29-26-. The fourth-order valence-corrected chi connectivity index (χ4v) is 12.0. The number of hydrogen-bond acceptors (Lipinski definition) is 20. The quantitative estimate of drug-likeness (QED) is 0.0264. The maximum atomic E-state index is 13.4. The van der Waals surface area contributed by atoms with Gasteiger partial charge in [-0.3, -0.25) is 9.59 Å². The van der Waals surface area contributed by atoms with Crippen LogP contribution in [0.4, 0.5) is 0 Å². The highest BCUT2D eigenvalue weighted by Crippen LogP contribution is 2.39. The van der Waals surface area contributed by atoms with Gasteiger partial charge in [-0.05, 0) is 38.5 Å². The van der Waals surface area contributed by atoms with Gasteiger partial charge in [0, 0.05) is 19.8 Å². The summed E-state index contributed by atoms with van der Waals surface area (Å²) in [6.45, 7) is 2.18. The smallest absolute Gasteiger partial charge is 0.364 e. The van der Waals surface area contributed by atoms with Crippen LogP contribution in [0.5, 0.6) is 0 Å². The fraction of sp³-hybridized carbons (Fsp3) is 0.923. The Morgan fingerprint density at radius 3 is 1.53 bits per heavy atom. The molecule has 23 heteroatoms. The van der Waals surface area contributed by atoms with Gasteiger partial charge in [-0.25, -0.2) is 4.79 Å². The van der Waals surface area contributed by atoms with Gasteiger partial charge < -0.3 is 100 Å². The number of unbranched alkanes of at least 4 members (excludes halogenated alkanes) is 29. The van der Waals surface area contributed by atoms with Gasteiger partial charge in [0.25, 0.3) is 5.79 Å². The zero-order chi connectivity index (χ0) is 64.7. The third-order valence-electron chi connectivity index (χ3n) is 17.5. The van der Waals surface area contributed by atoms with Crippen molar-refractivity contribution >= 4 is 17.8 Å². The number of nitrogens with one attached hydrogen (secondary N) is 2. The van der Waals surface area contributed by atoms with Crippen LogP contribution in [0, 0.1) is 0 Å². The number of carboxylic acid groups (broad SMARTS) is 1. The Hall–Kier alpha value is -2.53. The summed E-state index contributed by atoms with van der Waals surface area (Å²) in [7, 11) is 0. The van der Waals surface area contributed by atoms with Gasteiger partial charge in [-0.15, -0.1) is 0 Å². The second kappa shape index (κ2) is 46.5. The van der Waals surface area contributed by atoms with Crippen molar-refractivity contribution in [2.45, 2.75) is 355 Å². The van der Waals surface area contributed by atoms with Crippen LogP contribution in [-0.2, 0) is 42.8 Å². The van der Waals surface area contributed by atoms with Crippen molar-refractivity contribution < 1.29 is 104 Å². The van der Waals surface area contributed by atoms with E-state index in [1.165, 1.54) is 141 Å². The molecule has 0 saturated carbocycles. The molecule has 3 aliphatic heterocycles. The Labute approximate surface area is 524 Å². The average Bonchev–Trinajstić information content (AvgIpc) is 0.823. The summed E-state index contributed by atoms with van der Waals surface area (Å²) >= 11 is 0. The first-order valence-corrected chi connectivity index (χ1v) is 34.0. The number of aliphatic hydroxyl groups is 11. The zero-order valence-corrected chi connectivity index (χ0v) is 53.6. The van der Waals surface area contributed by atoms with Crippen molar-refractivity contribution in [2.24, 2.45) is 0 Å². The molecule has 3 aliphatic rings. The van der Waals surface area contributed by atoms with E-state index in [0.717, 1.165) is 58.3 Å². The first-order chi connectivity index (χ1) is 42.4. The number of hydrogen-bond donors (Lipinski definition) is 14. The van der Waals surface area contributed by atoms with Gasteiger partial charge in [-0.2, -0.15) is 0 Å². The Balaban J connectivity index is 1.60. The SMILES string of the molecule is CCCCCCCC/C=C\CCCCCC(=O)NC(COC1OC(CO)C(OC2OC(CO)C(O)C(OC3(C(=O)O)CC(O)C(NC(C)=O)C(C(O)C(O)CO)O3)C2O)C(O)C1O)C(O)CCCCCCCCCCCCCCCCCCCCCCC. The minimum Gasteiger partial charge on any atom is -0.477 e. The lowest BCUT2D eigenvalue weighted by Gasteiger charge is -2.50. The summed E-state index contributed by atoms with van der Waals surface area (Å²) in [5.74, 6) is -6.12. The van der Waals surface area contributed by atoms with E-state index in [9.17, 15) is 75.7 Å². The number of carbonyl (C=O) groups is 3. The van der Waals surface area contributed by atoms with Crippen molar-refractivity contribution in [3.8, 4) is 0 Å². The van der Waals surface area contributed by atoms with Gasteiger partial charge in [0.15, 0.2) is 12.6 Å². The number of rotatable bonds is 51. The van der Waals surface area contributed by atoms with Crippen molar-refractivity contribution in [1.29, 1.82) is 0 Å². The molecule has 18 unspecified atom stereocenters. The van der Waals surface area contributed by atoms with Gasteiger partial charge in [0.1, 0.15) is 67.1 Å². The third-order valence-corrected chi connectivity index (χ3v) is 17.5. The molecule has 0 aromatic carbocycles. The highest BCUT2D eigenvalue weighted by molar-refractivity contribution is 5.77. The predicted octanol–water partition coefficient (Wildman–Crippen LogP) is 5.51. The summed E-state index contributed by atoms with van der Waals surface area (Å²) in [6, 6.07) is -2.53. The molecule has 0 aromatic heterocycles. The lowest BCUT2D eigenvalue weighted by molar-refractivity contribution is -0.386. The Morgan fingerprint density at radius 1 is 0.580 bits per heavy atom. The average molecular weight is 1270 g/mol. The molecule has 14 N–H and O–H groups in total. The number of allylic oxidation sites excluding steroid dienone is 2. The molecule has 23 nitrogen and oxygen atoms in total. The lowest BCUT2D eigenvalue weighted by Crippen LogP contribution is -2.70. The highest BCUT2D eigenvalue weighted by Gasteiger charge is 2.60. The van der Waals surface area contributed by atoms with Crippen molar-refractivity contribution in [3.05, 3.63) is 12.2 Å². The summed E-state index contributed by atoms with van der Waals surface area (Å²) < 4.78 is 34.8. The second-order valence-electron chi connectivity index (χ2n) is 25.0. The number of carboxylic acids is 1. The molecule has 3 saturated heterocycles. The molecule has 3 heterocycles. The predicted molar refractivity (Wildman–Crippen MR) is 329 cm³/mol. The van der Waals surface area contributed by atoms with Crippen LogP contribution in [0.15, 0.2) is 12.2 Å². The first-order valence-electron chi connectivity index (χ1n) is 34.0. The molecule has 0 aromatic rings. The second-order valence-corrected chi connectivity index (χ2v) is 25.0. The normalized spacial score (nSPS) is 29.0. The van der Waals surface area contributed by atoms with Gasteiger partial charge in [0.2, 0.25) is 11.8 Å². The molecular weight excluding hydrogens is 1140 g/mol. The minimum atomic E-state index is -3.08. The van der Waals surface area contributed by atoms with Crippen LogP contribution in [0.1, 0.15) is 245 Å². The molecule has 0 spiro atoms. The van der Waals surface area contributed by atoms with Gasteiger partial charge in [-0.1, -0.05) is 199 Å². The minimum absolute atomic E-state index is 0.204. The fourth-order valence-electron chi connectivity index (χ4n) is 12.0. The van der Waals surface area contributed by atoms with Crippen LogP contribution in [0.25, 0.3) is 0 Å². The molecule has 516 valence electrons. The molecule has 2 amide bonds. The van der Waals surface area contributed by atoms with E-state index in [2.05, 4.69) is 36.6 Å². The van der Waals surface area contributed by atoms with Crippen molar-refractivity contribution in [2.75, 3.05) is 26.4 Å². The summed E-state index contributed by atoms with van der Waals surface area (Å²) in [5.41, 5.74) is 0. The molecule has 0 bridgehead atoms. The van der Waals surface area contributed by atoms with E-state index in [-0.39, 0.29) is 18.9 Å². The van der Waals surface area contributed by atoms with Crippen LogP contribution in [-0.4, -0.2) is 215 Å². The lowest BCUT2D eigenvalue weighted by atomic mass is 9.88. The van der Waals surface area contributed by atoms with E-state index in [0.29, 0.717) is 19.3 Å². The molecule has 88 heavy (non-hydrogen) atoms. The number of ether oxygens (including phenoxy) is 6. The first kappa shape index (κ1) is 79.7. The highest BCUT2D eigenvalue weighted by atomic mass is 16.8. The maximum Gasteiger partial charge on any atom is 0.364 e. The summed E-state index contributed by atoms with van der Waals surface area (Å²) in [6.07, 6.45) is 13.7. The van der Waals surface area contributed by atoms with Gasteiger partial charge in [0.05, 0.1) is 50.7 Å². The Kier molecular flexibility index (Phi) is 42.1. The van der Waals surface area contributed by atoms with Crippen molar-refractivity contribution in [1.82, 2.24) is 10.6 Å². The Morgan fingerprint density at radius 2 is 1.06 bits per heavy atom. The van der Waals surface area contributed by atoms with E-state index < -0.39 is 148 Å². The molecule has 3 rings (SSSR count). The van der Waals surface area contributed by atoms with Crippen LogP contribution in [0.3, 0.4) is 0 Å². The number of amides is 2. The molecule has 3 fully saturated rings. The monoisotopic (exact) mass is 1260 g/mol. The maximum absolute atomic E-state index is 13.4. The van der Waals surface area contributed by atoms with Crippen LogP contribution < -0.4 is 10.6 Å². The molecule has 0 radical (unpaired) electrons. The Bertz CT molecular complexity index is 1840. The number of carbonyl (C=O) groups excluding carboxylic acids is 2. The molecular formula is C65H120N2O21. The van der Waals surface area contributed by atoms with Crippen LogP contribution in [0.2, 0.25) is 0 Å². The third kappa shape index (κ3) is 29.2. The zero-order valence-electron chi connectivity index (χ0n) is 53.6. The van der Waals surface area contributed by atoms with E-state index in [4.69, 9.17) is 28.4 Å². The van der Waals surface area contributed by atoms with E-state index in [1.807, 2.05) is 0 Å². The molecule has 18 atom stereocenters. The van der Waals surface area contributed by atoms with Crippen molar-refractivity contribution in [3.63, 3.8) is 0 Å². The van der Waals surface area contributed by atoms with E-state index >= 15 is 0 Å². The summed E-state index contributed by atoms with van der Waals surface area (Å²) in [4.78, 5) is 38.5. The number of aliphatic carboxylic acids is 1. The topological polar surface area (TPSA) is 373 Å². The van der Waals surface area contributed by atoms with E-state index in [1.54, 1.807) is 0 Å². The molecule has 0 aliphatic carbocycles.